The Labute approximate surface area is 158 Å². The van der Waals surface area contributed by atoms with Crippen molar-refractivity contribution in [1.29, 1.82) is 0 Å². The summed E-state index contributed by atoms with van der Waals surface area (Å²) in [5.74, 6) is 1.07. The molecule has 1 aromatic heterocycles. The van der Waals surface area contributed by atoms with E-state index in [1.54, 1.807) is 7.11 Å². The molecule has 0 unspecified atom stereocenters. The third kappa shape index (κ3) is 3.85. The van der Waals surface area contributed by atoms with Crippen LogP contribution in [0.1, 0.15) is 0 Å². The van der Waals surface area contributed by atoms with E-state index in [0.29, 0.717) is 0 Å². The van der Waals surface area contributed by atoms with E-state index in [-0.39, 0.29) is 5.95 Å². The first kappa shape index (κ1) is 17.3. The van der Waals surface area contributed by atoms with Crippen LogP contribution in [0.3, 0.4) is 0 Å². The van der Waals surface area contributed by atoms with Gasteiger partial charge < -0.3 is 20.1 Å². The first-order valence-corrected chi connectivity index (χ1v) is 8.95. The van der Waals surface area contributed by atoms with E-state index in [2.05, 4.69) is 39.1 Å². The molecule has 0 atom stereocenters. The number of benzene rings is 2. The highest BCUT2D eigenvalue weighted by atomic mass is 16.5. The van der Waals surface area contributed by atoms with Crippen molar-refractivity contribution in [2.75, 3.05) is 44.0 Å². The molecule has 0 saturated carbocycles. The van der Waals surface area contributed by atoms with Gasteiger partial charge in [0.25, 0.3) is 0 Å². The fraction of sp³-hybridized carbons (Fsp3) is 0.238. The van der Waals surface area contributed by atoms with Crippen molar-refractivity contribution in [3.05, 3.63) is 54.6 Å². The van der Waals surface area contributed by atoms with E-state index >= 15 is 0 Å². The molecule has 0 bridgehead atoms. The van der Waals surface area contributed by atoms with Crippen molar-refractivity contribution in [2.45, 2.75) is 0 Å². The summed E-state index contributed by atoms with van der Waals surface area (Å²) in [6, 6.07) is 18.1. The van der Waals surface area contributed by atoms with Crippen molar-refractivity contribution < 1.29 is 9.47 Å². The van der Waals surface area contributed by atoms with Crippen LogP contribution in [0.4, 0.5) is 11.6 Å². The number of morpholine rings is 1. The zero-order valence-electron chi connectivity index (χ0n) is 15.3. The van der Waals surface area contributed by atoms with Crippen LogP contribution in [0.25, 0.3) is 22.5 Å². The Kier molecular flexibility index (Phi) is 4.89. The summed E-state index contributed by atoms with van der Waals surface area (Å²) < 4.78 is 10.6. The molecule has 1 saturated heterocycles. The minimum atomic E-state index is 0.260. The summed E-state index contributed by atoms with van der Waals surface area (Å²) >= 11 is 0. The summed E-state index contributed by atoms with van der Waals surface area (Å²) in [7, 11) is 1.65. The molecule has 2 N–H and O–H groups in total. The van der Waals surface area contributed by atoms with Crippen LogP contribution in [-0.4, -0.2) is 43.4 Å². The summed E-state index contributed by atoms with van der Waals surface area (Å²) in [5, 5.41) is 0. The summed E-state index contributed by atoms with van der Waals surface area (Å²) in [5.41, 5.74) is 10.7. The molecular weight excluding hydrogens is 340 g/mol. The zero-order chi connectivity index (χ0) is 18.6. The van der Waals surface area contributed by atoms with Gasteiger partial charge in [0, 0.05) is 29.9 Å². The van der Waals surface area contributed by atoms with Gasteiger partial charge in [0.1, 0.15) is 5.75 Å². The Morgan fingerprint density at radius 3 is 2.00 bits per heavy atom. The summed E-state index contributed by atoms with van der Waals surface area (Å²) in [6.07, 6.45) is 0. The van der Waals surface area contributed by atoms with Gasteiger partial charge in [0.15, 0.2) is 0 Å². The number of hydrogen-bond donors (Lipinski definition) is 1. The second-order valence-electron chi connectivity index (χ2n) is 6.37. The summed E-state index contributed by atoms with van der Waals surface area (Å²) in [6.45, 7) is 3.38. The van der Waals surface area contributed by atoms with E-state index in [9.17, 15) is 0 Å². The maximum absolute atomic E-state index is 5.97. The average molecular weight is 362 g/mol. The highest BCUT2D eigenvalue weighted by molar-refractivity contribution is 5.70. The van der Waals surface area contributed by atoms with Gasteiger partial charge in [0.2, 0.25) is 5.95 Å². The standard InChI is InChI=1S/C21H22N4O2/c1-26-18-8-4-16(5-9-18)20-14-19(23-21(22)24-20)15-2-6-17(7-3-15)25-10-12-27-13-11-25/h2-9,14H,10-13H2,1H3,(H2,22,23,24). The molecule has 6 heteroatoms. The molecule has 0 radical (unpaired) electrons. The Morgan fingerprint density at radius 2 is 1.44 bits per heavy atom. The lowest BCUT2D eigenvalue weighted by atomic mass is 10.1. The monoisotopic (exact) mass is 362 g/mol. The number of rotatable bonds is 4. The molecule has 3 aromatic rings. The van der Waals surface area contributed by atoms with E-state index < -0.39 is 0 Å². The zero-order valence-corrected chi connectivity index (χ0v) is 15.3. The van der Waals surface area contributed by atoms with Crippen LogP contribution in [0, 0.1) is 0 Å². The third-order valence-corrected chi connectivity index (χ3v) is 4.67. The van der Waals surface area contributed by atoms with Crippen LogP contribution in [0.15, 0.2) is 54.6 Å². The molecule has 0 amide bonds. The third-order valence-electron chi connectivity index (χ3n) is 4.67. The molecule has 2 aromatic carbocycles. The Hall–Kier alpha value is -3.12. The number of anilines is 2. The molecule has 2 heterocycles. The van der Waals surface area contributed by atoms with E-state index in [1.807, 2.05) is 30.3 Å². The van der Waals surface area contributed by atoms with E-state index in [1.165, 1.54) is 5.69 Å². The number of hydrogen-bond acceptors (Lipinski definition) is 6. The van der Waals surface area contributed by atoms with Gasteiger partial charge >= 0.3 is 0 Å². The molecule has 1 aliphatic rings. The number of methoxy groups -OCH3 is 1. The van der Waals surface area contributed by atoms with Gasteiger partial charge in [-0.05, 0) is 42.5 Å². The van der Waals surface area contributed by atoms with Crippen LogP contribution < -0.4 is 15.4 Å². The highest BCUT2D eigenvalue weighted by Crippen LogP contribution is 2.27. The van der Waals surface area contributed by atoms with Crippen molar-refractivity contribution in [1.82, 2.24) is 9.97 Å². The van der Waals surface area contributed by atoms with Gasteiger partial charge in [-0.25, -0.2) is 9.97 Å². The van der Waals surface area contributed by atoms with E-state index in [4.69, 9.17) is 15.2 Å². The molecule has 6 nitrogen and oxygen atoms in total. The molecule has 1 fully saturated rings. The summed E-state index contributed by atoms with van der Waals surface area (Å²) in [4.78, 5) is 11.1. The van der Waals surface area contributed by atoms with Gasteiger partial charge in [0.05, 0.1) is 31.7 Å². The SMILES string of the molecule is COc1ccc(-c2cc(-c3ccc(N4CCOCC4)cc3)nc(N)n2)cc1. The topological polar surface area (TPSA) is 73.5 Å². The predicted molar refractivity (Wildman–Crippen MR) is 107 cm³/mol. The lowest BCUT2D eigenvalue weighted by molar-refractivity contribution is 0.122. The van der Waals surface area contributed by atoms with Crippen molar-refractivity contribution >= 4 is 11.6 Å². The van der Waals surface area contributed by atoms with Gasteiger partial charge in [-0.15, -0.1) is 0 Å². The number of nitrogens with two attached hydrogens (primary N) is 1. The fourth-order valence-corrected chi connectivity index (χ4v) is 3.19. The van der Waals surface area contributed by atoms with Gasteiger partial charge in [-0.3, -0.25) is 0 Å². The molecular formula is C21H22N4O2. The molecule has 27 heavy (non-hydrogen) atoms. The minimum Gasteiger partial charge on any atom is -0.497 e. The number of nitrogens with zero attached hydrogens (tertiary/aromatic N) is 3. The minimum absolute atomic E-state index is 0.260. The first-order chi connectivity index (χ1) is 13.2. The van der Waals surface area contributed by atoms with Crippen molar-refractivity contribution in [2.24, 2.45) is 0 Å². The van der Waals surface area contributed by atoms with Crippen LogP contribution in [0.2, 0.25) is 0 Å². The van der Waals surface area contributed by atoms with E-state index in [0.717, 1.165) is 54.6 Å². The van der Waals surface area contributed by atoms with Crippen LogP contribution >= 0.6 is 0 Å². The fourth-order valence-electron chi connectivity index (χ4n) is 3.19. The molecule has 0 spiro atoms. The van der Waals surface area contributed by atoms with Crippen molar-refractivity contribution in [3.63, 3.8) is 0 Å². The van der Waals surface area contributed by atoms with Crippen LogP contribution in [-0.2, 0) is 4.74 Å². The maximum Gasteiger partial charge on any atom is 0.221 e. The lowest BCUT2D eigenvalue weighted by Gasteiger charge is -2.28. The second kappa shape index (κ2) is 7.63. The Morgan fingerprint density at radius 1 is 0.889 bits per heavy atom. The Balaban J connectivity index is 1.62. The predicted octanol–water partition coefficient (Wildman–Crippen LogP) is 3.24. The normalized spacial score (nSPS) is 14.2. The quantitative estimate of drug-likeness (QED) is 0.768. The number of aromatic nitrogens is 2. The van der Waals surface area contributed by atoms with Gasteiger partial charge in [-0.2, -0.15) is 0 Å². The van der Waals surface area contributed by atoms with Crippen LogP contribution in [0.5, 0.6) is 5.75 Å². The highest BCUT2D eigenvalue weighted by Gasteiger charge is 2.12. The van der Waals surface area contributed by atoms with Crippen molar-refractivity contribution in [3.8, 4) is 28.3 Å². The number of nitrogen functional groups attached to an aromatic ring is 1. The second-order valence-corrected chi connectivity index (χ2v) is 6.37. The van der Waals surface area contributed by atoms with Gasteiger partial charge in [-0.1, -0.05) is 12.1 Å². The average Bonchev–Trinajstić information content (AvgIpc) is 2.74. The molecule has 0 aliphatic carbocycles. The molecule has 138 valence electrons. The largest absolute Gasteiger partial charge is 0.497 e. The molecule has 1 aliphatic heterocycles. The molecule has 4 rings (SSSR count). The lowest BCUT2D eigenvalue weighted by Crippen LogP contribution is -2.36. The first-order valence-electron chi connectivity index (χ1n) is 8.95. The smallest absolute Gasteiger partial charge is 0.221 e. The Bertz CT molecular complexity index is 904. The maximum atomic E-state index is 5.97. The number of ether oxygens (including phenoxy) is 2.